The number of amides is 3. The van der Waals surface area contributed by atoms with Crippen LogP contribution in [-0.2, 0) is 40.3 Å². The summed E-state index contributed by atoms with van der Waals surface area (Å²) in [6, 6.07) is 22.4. The maximum atomic E-state index is 13.4. The number of rotatable bonds is 8. The van der Waals surface area contributed by atoms with Crippen molar-refractivity contribution in [3.63, 3.8) is 0 Å². The fourth-order valence-electron chi connectivity index (χ4n) is 4.28. The summed E-state index contributed by atoms with van der Waals surface area (Å²) in [5.41, 5.74) is 9.16. The number of hydrogen-bond acceptors (Lipinski definition) is 5. The maximum Gasteiger partial charge on any atom is 0.411 e. The Morgan fingerprint density at radius 3 is 2.39 bits per heavy atom. The molecule has 3 amide bonds. The lowest BCUT2D eigenvalue weighted by Gasteiger charge is -2.35. The average molecular weight is 488 g/mol. The van der Waals surface area contributed by atoms with Crippen LogP contribution in [-0.4, -0.2) is 42.0 Å². The molecule has 0 fully saturated rings. The number of carbonyl (C=O) groups is 3. The molecule has 0 aromatic heterocycles. The zero-order chi connectivity index (χ0) is 25.5. The molecule has 8 nitrogen and oxygen atoms in total. The molecule has 0 bridgehead atoms. The molecule has 0 spiro atoms. The third kappa shape index (κ3) is 6.02. The molecule has 0 radical (unpaired) electrons. The van der Waals surface area contributed by atoms with Crippen molar-refractivity contribution in [1.29, 1.82) is 0 Å². The van der Waals surface area contributed by atoms with Gasteiger partial charge < -0.3 is 20.5 Å². The van der Waals surface area contributed by atoms with E-state index < -0.39 is 30.0 Å². The van der Waals surface area contributed by atoms with Gasteiger partial charge in [-0.2, -0.15) is 0 Å². The van der Waals surface area contributed by atoms with Crippen LogP contribution in [0.3, 0.4) is 0 Å². The first-order valence-corrected chi connectivity index (χ1v) is 11.7. The first kappa shape index (κ1) is 24.8. The third-order valence-electron chi connectivity index (χ3n) is 6.22. The molecule has 2 atom stereocenters. The van der Waals surface area contributed by atoms with Gasteiger partial charge in [0.1, 0.15) is 24.4 Å². The number of methoxy groups -OCH3 is 1. The number of fused-ring (bicyclic) bond motifs is 1. The van der Waals surface area contributed by atoms with Crippen molar-refractivity contribution in [1.82, 2.24) is 10.2 Å². The highest BCUT2D eigenvalue weighted by Crippen LogP contribution is 2.25. The molecule has 3 N–H and O–H groups in total. The molecule has 1 aliphatic heterocycles. The molecule has 0 saturated heterocycles. The van der Waals surface area contributed by atoms with Crippen molar-refractivity contribution < 1.29 is 23.9 Å². The zero-order valence-electron chi connectivity index (χ0n) is 20.1. The standard InChI is InChI=1S/C28H29N3O5/c1-35-23-13-7-10-20(14-23)15-24(26(29)32)30-27(33)25-16-21-11-5-6-12-22(21)17-31(25)28(34)36-18-19-8-3-2-4-9-19/h2-14,24-25H,15-18H2,1H3,(H2,29,32)(H,30,33)/t24-,25+/m1/s1. The number of ether oxygens (including phenoxy) is 2. The Morgan fingerprint density at radius 2 is 1.67 bits per heavy atom. The molecule has 0 aliphatic carbocycles. The van der Waals surface area contributed by atoms with Crippen LogP contribution < -0.4 is 15.8 Å². The van der Waals surface area contributed by atoms with Crippen molar-refractivity contribution in [2.75, 3.05) is 7.11 Å². The summed E-state index contributed by atoms with van der Waals surface area (Å²) < 4.78 is 10.8. The van der Waals surface area contributed by atoms with E-state index in [9.17, 15) is 14.4 Å². The lowest BCUT2D eigenvalue weighted by molar-refractivity contribution is -0.131. The van der Waals surface area contributed by atoms with Crippen molar-refractivity contribution in [3.8, 4) is 5.75 Å². The van der Waals surface area contributed by atoms with Crippen molar-refractivity contribution in [2.45, 2.75) is 38.1 Å². The van der Waals surface area contributed by atoms with Gasteiger partial charge in [0.2, 0.25) is 11.8 Å². The van der Waals surface area contributed by atoms with Gasteiger partial charge in [-0.05, 0) is 34.4 Å². The second-order valence-corrected chi connectivity index (χ2v) is 8.68. The minimum atomic E-state index is -0.955. The Bertz CT molecular complexity index is 1230. The SMILES string of the molecule is COc1cccc(C[C@@H](NC(=O)[C@@H]2Cc3ccccc3CN2C(=O)OCc2ccccc2)C(N)=O)c1. The first-order valence-electron chi connectivity index (χ1n) is 11.7. The van der Waals surface area contributed by atoms with E-state index in [1.54, 1.807) is 25.3 Å². The van der Waals surface area contributed by atoms with E-state index in [1.165, 1.54) is 4.90 Å². The predicted molar refractivity (Wildman–Crippen MR) is 134 cm³/mol. The summed E-state index contributed by atoms with van der Waals surface area (Å²) in [5, 5.41) is 2.76. The predicted octanol–water partition coefficient (Wildman–Crippen LogP) is 2.97. The van der Waals surface area contributed by atoms with E-state index in [0.29, 0.717) is 12.2 Å². The monoisotopic (exact) mass is 487 g/mol. The van der Waals surface area contributed by atoms with E-state index in [2.05, 4.69) is 5.32 Å². The second-order valence-electron chi connectivity index (χ2n) is 8.68. The van der Waals surface area contributed by atoms with E-state index in [0.717, 1.165) is 22.3 Å². The molecule has 8 heteroatoms. The number of primary amides is 1. The Labute approximate surface area is 210 Å². The Morgan fingerprint density at radius 1 is 0.972 bits per heavy atom. The summed E-state index contributed by atoms with van der Waals surface area (Å²) in [4.78, 5) is 40.2. The quantitative estimate of drug-likeness (QED) is 0.508. The van der Waals surface area contributed by atoms with Gasteiger partial charge >= 0.3 is 6.09 Å². The average Bonchev–Trinajstić information content (AvgIpc) is 2.91. The second kappa shape index (κ2) is 11.4. The molecule has 186 valence electrons. The summed E-state index contributed by atoms with van der Waals surface area (Å²) in [7, 11) is 1.55. The summed E-state index contributed by atoms with van der Waals surface area (Å²) in [6.45, 7) is 0.310. The van der Waals surface area contributed by atoms with Crippen LogP contribution in [0.15, 0.2) is 78.9 Å². The molecule has 1 aliphatic rings. The van der Waals surface area contributed by atoms with Crippen LogP contribution in [0.2, 0.25) is 0 Å². The van der Waals surface area contributed by atoms with Crippen LogP contribution >= 0.6 is 0 Å². The Hall–Kier alpha value is -4.33. The van der Waals surface area contributed by atoms with Crippen LogP contribution in [0.5, 0.6) is 5.75 Å². The van der Waals surface area contributed by atoms with E-state index in [4.69, 9.17) is 15.2 Å². The third-order valence-corrected chi connectivity index (χ3v) is 6.22. The largest absolute Gasteiger partial charge is 0.497 e. The number of nitrogens with one attached hydrogen (secondary N) is 1. The topological polar surface area (TPSA) is 111 Å². The van der Waals surface area contributed by atoms with E-state index >= 15 is 0 Å². The number of carbonyl (C=O) groups excluding carboxylic acids is 3. The molecule has 36 heavy (non-hydrogen) atoms. The summed E-state index contributed by atoms with van der Waals surface area (Å²) in [5.74, 6) is -0.494. The first-order chi connectivity index (χ1) is 17.4. The van der Waals surface area contributed by atoms with Crippen molar-refractivity contribution in [3.05, 3.63) is 101 Å². The molecule has 0 unspecified atom stereocenters. The Balaban J connectivity index is 1.51. The van der Waals surface area contributed by atoms with Gasteiger partial charge in [-0.15, -0.1) is 0 Å². The van der Waals surface area contributed by atoms with Crippen molar-refractivity contribution >= 4 is 17.9 Å². The van der Waals surface area contributed by atoms with E-state index in [-0.39, 0.29) is 19.6 Å². The maximum absolute atomic E-state index is 13.4. The van der Waals surface area contributed by atoms with Gasteiger partial charge in [0, 0.05) is 12.8 Å². The lowest BCUT2D eigenvalue weighted by atomic mass is 9.93. The molecule has 3 aromatic rings. The lowest BCUT2D eigenvalue weighted by Crippen LogP contribution is -2.56. The van der Waals surface area contributed by atoms with Crippen LogP contribution in [0, 0.1) is 0 Å². The van der Waals surface area contributed by atoms with Crippen molar-refractivity contribution in [2.24, 2.45) is 5.73 Å². The number of hydrogen-bond donors (Lipinski definition) is 2. The van der Waals surface area contributed by atoms with Gasteiger partial charge in [0.25, 0.3) is 0 Å². The fourth-order valence-corrected chi connectivity index (χ4v) is 4.28. The van der Waals surface area contributed by atoms with Crippen LogP contribution in [0.4, 0.5) is 4.79 Å². The smallest absolute Gasteiger partial charge is 0.411 e. The molecule has 3 aromatic carbocycles. The highest BCUT2D eigenvalue weighted by atomic mass is 16.6. The summed E-state index contributed by atoms with van der Waals surface area (Å²) in [6.07, 6.45) is -0.107. The van der Waals surface area contributed by atoms with Gasteiger partial charge in [0.15, 0.2) is 0 Å². The minimum absolute atomic E-state index is 0.0892. The molecule has 0 saturated carbocycles. The molecular weight excluding hydrogens is 458 g/mol. The normalized spacial score (nSPS) is 15.4. The highest BCUT2D eigenvalue weighted by molar-refractivity contribution is 5.91. The van der Waals surface area contributed by atoms with Crippen LogP contribution in [0.1, 0.15) is 22.3 Å². The number of nitrogens with zero attached hydrogens (tertiary/aromatic N) is 1. The van der Waals surface area contributed by atoms with Gasteiger partial charge in [-0.25, -0.2) is 4.79 Å². The van der Waals surface area contributed by atoms with Gasteiger partial charge in [0.05, 0.1) is 13.7 Å². The molecule has 4 rings (SSSR count). The minimum Gasteiger partial charge on any atom is -0.497 e. The molecule has 1 heterocycles. The highest BCUT2D eigenvalue weighted by Gasteiger charge is 2.37. The fraction of sp³-hybridized carbons (Fsp3) is 0.250. The molecular formula is C28H29N3O5. The van der Waals surface area contributed by atoms with Gasteiger partial charge in [-0.1, -0.05) is 66.7 Å². The Kier molecular flexibility index (Phi) is 7.85. The van der Waals surface area contributed by atoms with Gasteiger partial charge in [-0.3, -0.25) is 14.5 Å². The van der Waals surface area contributed by atoms with E-state index in [1.807, 2.05) is 60.7 Å². The van der Waals surface area contributed by atoms with Crippen LogP contribution in [0.25, 0.3) is 0 Å². The summed E-state index contributed by atoms with van der Waals surface area (Å²) >= 11 is 0. The zero-order valence-corrected chi connectivity index (χ0v) is 20.1. The number of nitrogens with two attached hydrogens (primary N) is 1. The number of benzene rings is 3.